The highest BCUT2D eigenvalue weighted by Crippen LogP contribution is 2.36. The highest BCUT2D eigenvalue weighted by Gasteiger charge is 2.38. The molecule has 0 bridgehead atoms. The molecule has 1 aliphatic rings. The largest absolute Gasteiger partial charge is 0.314 e. The molecule has 22 heavy (non-hydrogen) atoms. The monoisotopic (exact) mass is 294 g/mol. The van der Waals surface area contributed by atoms with E-state index in [-0.39, 0.29) is 12.1 Å². The van der Waals surface area contributed by atoms with Crippen molar-refractivity contribution < 1.29 is 4.79 Å². The van der Waals surface area contributed by atoms with Crippen LogP contribution in [0.15, 0.2) is 54.6 Å². The zero-order chi connectivity index (χ0) is 15.5. The number of amides is 1. The van der Waals surface area contributed by atoms with Crippen molar-refractivity contribution in [1.82, 2.24) is 9.80 Å². The van der Waals surface area contributed by atoms with E-state index in [1.807, 2.05) is 41.3 Å². The number of hydrogen-bond donors (Lipinski definition) is 0. The fraction of sp³-hybridized carbons (Fsp3) is 0.316. The highest BCUT2D eigenvalue weighted by atomic mass is 16.2. The Labute approximate surface area is 132 Å². The molecule has 114 valence electrons. The molecule has 1 unspecified atom stereocenters. The Kier molecular flexibility index (Phi) is 4.25. The summed E-state index contributed by atoms with van der Waals surface area (Å²) in [4.78, 5) is 17.2. The van der Waals surface area contributed by atoms with Gasteiger partial charge in [-0.1, -0.05) is 62.4 Å². The minimum Gasteiger partial charge on any atom is -0.314 e. The van der Waals surface area contributed by atoms with Crippen LogP contribution in [0.5, 0.6) is 0 Å². The van der Waals surface area contributed by atoms with Crippen LogP contribution in [0.1, 0.15) is 41.5 Å². The summed E-state index contributed by atoms with van der Waals surface area (Å²) in [5.41, 5.74) is 3.14. The Balaban J connectivity index is 1.98. The van der Waals surface area contributed by atoms with Crippen LogP contribution in [-0.2, 0) is 6.54 Å². The second kappa shape index (κ2) is 6.32. The normalized spacial score (nSPS) is 17.1. The summed E-state index contributed by atoms with van der Waals surface area (Å²) in [6, 6.07) is 18.2. The van der Waals surface area contributed by atoms with E-state index in [9.17, 15) is 4.79 Å². The molecule has 0 saturated heterocycles. The van der Waals surface area contributed by atoms with Gasteiger partial charge in [-0.25, -0.2) is 0 Å². The lowest BCUT2D eigenvalue weighted by Gasteiger charge is -2.34. The van der Waals surface area contributed by atoms with Crippen LogP contribution >= 0.6 is 0 Å². The lowest BCUT2D eigenvalue weighted by atomic mass is 10.1. The molecule has 3 rings (SSSR count). The van der Waals surface area contributed by atoms with Gasteiger partial charge in [0.2, 0.25) is 0 Å². The van der Waals surface area contributed by atoms with Gasteiger partial charge in [-0.05, 0) is 24.7 Å². The van der Waals surface area contributed by atoms with Gasteiger partial charge in [-0.15, -0.1) is 0 Å². The summed E-state index contributed by atoms with van der Waals surface area (Å²) in [6.45, 7) is 6.79. The van der Waals surface area contributed by atoms with E-state index < -0.39 is 0 Å². The standard InChI is InChI=1S/C19H22N2O/c1-3-20(4-2)18-16-12-8-9-13-17(16)19(22)21(18)14-15-10-6-5-7-11-15/h5-13,18H,3-4,14H2,1-2H3. The van der Waals surface area contributed by atoms with E-state index in [1.165, 1.54) is 5.56 Å². The zero-order valence-corrected chi connectivity index (χ0v) is 13.2. The molecule has 0 aliphatic carbocycles. The predicted molar refractivity (Wildman–Crippen MR) is 88.4 cm³/mol. The van der Waals surface area contributed by atoms with Crippen molar-refractivity contribution in [2.24, 2.45) is 0 Å². The van der Waals surface area contributed by atoms with Crippen LogP contribution < -0.4 is 0 Å². The number of fused-ring (bicyclic) bond motifs is 1. The van der Waals surface area contributed by atoms with Crippen molar-refractivity contribution in [2.45, 2.75) is 26.6 Å². The van der Waals surface area contributed by atoms with Crippen LogP contribution in [-0.4, -0.2) is 28.8 Å². The molecule has 0 radical (unpaired) electrons. The van der Waals surface area contributed by atoms with Gasteiger partial charge in [0.25, 0.3) is 5.91 Å². The quantitative estimate of drug-likeness (QED) is 0.840. The SMILES string of the molecule is CCN(CC)C1c2ccccc2C(=O)N1Cc1ccccc1. The molecule has 2 aromatic carbocycles. The molecule has 1 amide bonds. The van der Waals surface area contributed by atoms with Crippen molar-refractivity contribution in [3.63, 3.8) is 0 Å². The first-order valence-corrected chi connectivity index (χ1v) is 7.94. The average molecular weight is 294 g/mol. The maximum atomic E-state index is 12.8. The van der Waals surface area contributed by atoms with Gasteiger partial charge in [0.05, 0.1) is 0 Å². The molecule has 0 saturated carbocycles. The predicted octanol–water partition coefficient (Wildman–Crippen LogP) is 3.68. The second-order valence-electron chi connectivity index (χ2n) is 5.60. The number of carbonyl (C=O) groups excluding carboxylic acids is 1. The Morgan fingerprint density at radius 2 is 1.59 bits per heavy atom. The summed E-state index contributed by atoms with van der Waals surface area (Å²) < 4.78 is 0. The Hall–Kier alpha value is -2.13. The zero-order valence-electron chi connectivity index (χ0n) is 13.2. The molecule has 0 spiro atoms. The third-order valence-corrected chi connectivity index (χ3v) is 4.38. The van der Waals surface area contributed by atoms with Gasteiger partial charge in [0.1, 0.15) is 6.17 Å². The lowest BCUT2D eigenvalue weighted by molar-refractivity contribution is 0.0398. The summed E-state index contributed by atoms with van der Waals surface area (Å²) in [5, 5.41) is 0. The first-order chi connectivity index (χ1) is 10.8. The molecule has 3 nitrogen and oxygen atoms in total. The summed E-state index contributed by atoms with van der Waals surface area (Å²) >= 11 is 0. The molecule has 0 aromatic heterocycles. The van der Waals surface area contributed by atoms with Crippen LogP contribution in [0.3, 0.4) is 0 Å². The van der Waals surface area contributed by atoms with Gasteiger partial charge in [0.15, 0.2) is 0 Å². The van der Waals surface area contributed by atoms with Gasteiger partial charge in [0, 0.05) is 17.7 Å². The molecule has 0 fully saturated rings. The number of nitrogens with zero attached hydrogens (tertiary/aromatic N) is 2. The Bertz CT molecular complexity index is 649. The van der Waals surface area contributed by atoms with Gasteiger partial charge < -0.3 is 4.90 Å². The minimum absolute atomic E-state index is 0.0407. The first-order valence-electron chi connectivity index (χ1n) is 7.94. The summed E-state index contributed by atoms with van der Waals surface area (Å²) in [5.74, 6) is 0.136. The van der Waals surface area contributed by atoms with E-state index in [2.05, 4.69) is 36.9 Å². The third kappa shape index (κ3) is 2.53. The van der Waals surface area contributed by atoms with Gasteiger partial charge in [-0.3, -0.25) is 9.69 Å². The summed E-state index contributed by atoms with van der Waals surface area (Å²) in [7, 11) is 0. The molecule has 1 aliphatic heterocycles. The molecule has 1 heterocycles. The van der Waals surface area contributed by atoms with Crippen LogP contribution in [0.2, 0.25) is 0 Å². The number of rotatable bonds is 5. The smallest absolute Gasteiger partial charge is 0.256 e. The minimum atomic E-state index is 0.0407. The van der Waals surface area contributed by atoms with Crippen molar-refractivity contribution in [3.8, 4) is 0 Å². The fourth-order valence-electron chi connectivity index (χ4n) is 3.25. The molecule has 3 heteroatoms. The van der Waals surface area contributed by atoms with Gasteiger partial charge >= 0.3 is 0 Å². The van der Waals surface area contributed by atoms with E-state index in [4.69, 9.17) is 0 Å². The van der Waals surface area contributed by atoms with Crippen molar-refractivity contribution >= 4 is 5.91 Å². The lowest BCUT2D eigenvalue weighted by Crippen LogP contribution is -2.39. The maximum absolute atomic E-state index is 12.8. The molecule has 1 atom stereocenters. The molecular weight excluding hydrogens is 272 g/mol. The van der Waals surface area contributed by atoms with Crippen molar-refractivity contribution in [2.75, 3.05) is 13.1 Å². The van der Waals surface area contributed by atoms with Crippen molar-refractivity contribution in [3.05, 3.63) is 71.3 Å². The average Bonchev–Trinajstić information content (AvgIpc) is 2.84. The van der Waals surface area contributed by atoms with Crippen molar-refractivity contribution in [1.29, 1.82) is 0 Å². The van der Waals surface area contributed by atoms with E-state index in [0.29, 0.717) is 6.54 Å². The number of benzene rings is 2. The topological polar surface area (TPSA) is 23.6 Å². The van der Waals surface area contributed by atoms with E-state index in [1.54, 1.807) is 0 Å². The third-order valence-electron chi connectivity index (χ3n) is 4.38. The van der Waals surface area contributed by atoms with E-state index in [0.717, 1.165) is 24.2 Å². The van der Waals surface area contributed by atoms with E-state index >= 15 is 0 Å². The number of hydrogen-bond acceptors (Lipinski definition) is 2. The number of carbonyl (C=O) groups is 1. The van der Waals surface area contributed by atoms with Crippen LogP contribution in [0.25, 0.3) is 0 Å². The Morgan fingerprint density at radius 3 is 2.27 bits per heavy atom. The molecule has 2 aromatic rings. The fourth-order valence-corrected chi connectivity index (χ4v) is 3.25. The Morgan fingerprint density at radius 1 is 0.955 bits per heavy atom. The molecular formula is C19H22N2O. The van der Waals surface area contributed by atoms with Gasteiger partial charge in [-0.2, -0.15) is 0 Å². The summed E-state index contributed by atoms with van der Waals surface area (Å²) in [6.07, 6.45) is 0.0407. The molecule has 0 N–H and O–H groups in total. The van der Waals surface area contributed by atoms with Crippen LogP contribution in [0.4, 0.5) is 0 Å². The first kappa shape index (κ1) is 14.8. The highest BCUT2D eigenvalue weighted by molar-refractivity contribution is 5.99. The maximum Gasteiger partial charge on any atom is 0.256 e. The second-order valence-corrected chi connectivity index (χ2v) is 5.60. The van der Waals surface area contributed by atoms with Crippen LogP contribution in [0, 0.1) is 0 Å².